The topological polar surface area (TPSA) is 65.8 Å². The predicted molar refractivity (Wildman–Crippen MR) is 74.7 cm³/mol. The summed E-state index contributed by atoms with van der Waals surface area (Å²) in [5.74, 6) is 0.115. The average molecular weight is 289 g/mol. The molecule has 0 spiro atoms. The summed E-state index contributed by atoms with van der Waals surface area (Å²) in [6, 6.07) is 3.91. The number of likely N-dealkylation sites (tertiary alicyclic amines) is 1. The first kappa shape index (κ1) is 12.9. The zero-order valence-electron chi connectivity index (χ0n) is 12.0. The molecule has 4 rings (SSSR count). The van der Waals surface area contributed by atoms with Gasteiger partial charge in [0.2, 0.25) is 5.91 Å². The summed E-state index contributed by atoms with van der Waals surface area (Å²) in [4.78, 5) is 28.4. The van der Waals surface area contributed by atoms with Crippen LogP contribution in [0, 0.1) is 5.92 Å². The van der Waals surface area contributed by atoms with E-state index < -0.39 is 0 Å². The maximum absolute atomic E-state index is 12.5. The zero-order valence-corrected chi connectivity index (χ0v) is 12.0. The summed E-state index contributed by atoms with van der Waals surface area (Å²) in [7, 11) is 1.82. The van der Waals surface area contributed by atoms with E-state index in [1.165, 1.54) is 0 Å². The zero-order chi connectivity index (χ0) is 14.7. The molecule has 1 saturated carbocycles. The van der Waals surface area contributed by atoms with Gasteiger partial charge in [-0.2, -0.15) is 0 Å². The molecule has 0 radical (unpaired) electrons. The largest absolute Gasteiger partial charge is 0.393 e. The van der Waals surface area contributed by atoms with Gasteiger partial charge in [-0.05, 0) is 25.0 Å². The molecule has 21 heavy (non-hydrogen) atoms. The van der Waals surface area contributed by atoms with Crippen molar-refractivity contribution < 1.29 is 14.7 Å². The smallest absolute Gasteiger partial charge is 0.270 e. The van der Waals surface area contributed by atoms with Gasteiger partial charge >= 0.3 is 0 Å². The average Bonchev–Trinajstić information content (AvgIpc) is 3.06. The van der Waals surface area contributed by atoms with E-state index in [9.17, 15) is 14.7 Å². The number of nitrogens with zero attached hydrogens (tertiary/aromatic N) is 3. The molecule has 6 nitrogen and oxygen atoms in total. The Balaban J connectivity index is 1.58. The normalized spacial score (nSPS) is 34.5. The first-order valence-corrected chi connectivity index (χ1v) is 7.47. The monoisotopic (exact) mass is 289 g/mol. The number of aliphatic hydroxyl groups excluding tert-OH is 1. The van der Waals surface area contributed by atoms with Gasteiger partial charge in [-0.3, -0.25) is 9.59 Å². The second-order valence-electron chi connectivity index (χ2n) is 6.42. The van der Waals surface area contributed by atoms with Gasteiger partial charge in [0.15, 0.2) is 0 Å². The van der Waals surface area contributed by atoms with Gasteiger partial charge in [0, 0.05) is 32.3 Å². The third-order valence-electron chi connectivity index (χ3n) is 5.21. The van der Waals surface area contributed by atoms with Crippen LogP contribution < -0.4 is 0 Å². The fourth-order valence-corrected chi connectivity index (χ4v) is 3.85. The van der Waals surface area contributed by atoms with Crippen LogP contribution in [0.5, 0.6) is 0 Å². The third kappa shape index (κ3) is 1.75. The van der Waals surface area contributed by atoms with Crippen LogP contribution in [-0.4, -0.2) is 63.6 Å². The van der Waals surface area contributed by atoms with Gasteiger partial charge < -0.3 is 19.5 Å². The minimum atomic E-state index is -0.316. The lowest BCUT2D eigenvalue weighted by atomic mass is 9.81. The van der Waals surface area contributed by atoms with E-state index in [1.807, 2.05) is 34.8 Å². The predicted octanol–water partition coefficient (Wildman–Crippen LogP) is 0.0965. The Morgan fingerprint density at radius 1 is 1.29 bits per heavy atom. The summed E-state index contributed by atoms with van der Waals surface area (Å²) < 4.78 is 2.01. The van der Waals surface area contributed by atoms with Gasteiger partial charge in [-0.1, -0.05) is 0 Å². The highest BCUT2D eigenvalue weighted by Gasteiger charge is 2.47. The summed E-state index contributed by atoms with van der Waals surface area (Å²) >= 11 is 0. The van der Waals surface area contributed by atoms with Crippen molar-refractivity contribution in [3.8, 4) is 0 Å². The lowest BCUT2D eigenvalue weighted by Crippen LogP contribution is -2.48. The van der Waals surface area contributed by atoms with Crippen LogP contribution in [0.2, 0.25) is 0 Å². The summed E-state index contributed by atoms with van der Waals surface area (Å²) in [5, 5.41) is 9.37. The van der Waals surface area contributed by atoms with Crippen LogP contribution in [0.15, 0.2) is 18.3 Å². The van der Waals surface area contributed by atoms with E-state index in [0.717, 1.165) is 0 Å². The molecule has 2 atom stereocenters. The summed E-state index contributed by atoms with van der Waals surface area (Å²) in [6.07, 6.45) is 2.77. The molecule has 0 aromatic carbocycles. The van der Waals surface area contributed by atoms with Crippen molar-refractivity contribution in [2.45, 2.75) is 31.0 Å². The van der Waals surface area contributed by atoms with Gasteiger partial charge in [-0.25, -0.2) is 0 Å². The second-order valence-corrected chi connectivity index (χ2v) is 6.42. The number of rotatable bonds is 1. The Kier molecular flexibility index (Phi) is 2.66. The molecule has 3 heterocycles. The van der Waals surface area contributed by atoms with Gasteiger partial charge in [0.05, 0.1) is 18.2 Å². The van der Waals surface area contributed by atoms with E-state index in [4.69, 9.17) is 0 Å². The molecule has 2 amide bonds. The van der Waals surface area contributed by atoms with Crippen molar-refractivity contribution in [3.05, 3.63) is 24.0 Å². The number of aliphatic hydroxyl groups is 1. The molecule has 0 bridgehead atoms. The first-order valence-electron chi connectivity index (χ1n) is 7.47. The Bertz CT molecular complexity index is 605. The minimum Gasteiger partial charge on any atom is -0.393 e. The number of carbonyl (C=O) groups is 2. The van der Waals surface area contributed by atoms with Crippen LogP contribution >= 0.6 is 0 Å². The molecular formula is C15H19N3O3. The van der Waals surface area contributed by atoms with Crippen molar-refractivity contribution in [1.82, 2.24) is 14.4 Å². The molecule has 6 heteroatoms. The molecule has 1 aromatic rings. The number of hydrogen-bond donors (Lipinski definition) is 1. The van der Waals surface area contributed by atoms with Gasteiger partial charge in [-0.15, -0.1) is 0 Å². The highest BCUT2D eigenvalue weighted by atomic mass is 16.3. The van der Waals surface area contributed by atoms with Crippen LogP contribution in [0.4, 0.5) is 0 Å². The van der Waals surface area contributed by atoms with Crippen molar-refractivity contribution in [1.29, 1.82) is 0 Å². The number of aromatic nitrogens is 1. The maximum Gasteiger partial charge on any atom is 0.270 e. The Hall–Kier alpha value is -1.82. The quantitative estimate of drug-likeness (QED) is 0.797. The standard InChI is InChI=1S/C15H19N3O3/c1-16-12-7-17(14(20)9-5-10(19)6-9)8-13(12)18-4-2-3-11(18)15(16)21/h2-4,9-10,12-13,19H,5-8H2,1H3/t9?,10?,12-,13+/m1/s1. The molecular weight excluding hydrogens is 270 g/mol. The third-order valence-corrected chi connectivity index (χ3v) is 5.21. The lowest BCUT2D eigenvalue weighted by molar-refractivity contribution is -0.141. The first-order chi connectivity index (χ1) is 10.1. The fourth-order valence-electron chi connectivity index (χ4n) is 3.85. The molecule has 2 fully saturated rings. The maximum atomic E-state index is 12.5. The molecule has 3 aliphatic rings. The molecule has 0 unspecified atom stereocenters. The molecule has 2 aliphatic heterocycles. The molecule has 1 aliphatic carbocycles. The van der Waals surface area contributed by atoms with Crippen molar-refractivity contribution >= 4 is 11.8 Å². The number of carbonyl (C=O) groups excluding carboxylic acids is 2. The summed E-state index contributed by atoms with van der Waals surface area (Å²) in [5.41, 5.74) is 0.701. The van der Waals surface area contributed by atoms with Crippen molar-refractivity contribution in [2.75, 3.05) is 20.1 Å². The number of amides is 2. The summed E-state index contributed by atoms with van der Waals surface area (Å²) in [6.45, 7) is 1.24. The van der Waals surface area contributed by atoms with Crippen molar-refractivity contribution in [3.63, 3.8) is 0 Å². The van der Waals surface area contributed by atoms with E-state index >= 15 is 0 Å². The van der Waals surface area contributed by atoms with Crippen LogP contribution in [0.3, 0.4) is 0 Å². The van der Waals surface area contributed by atoms with E-state index in [2.05, 4.69) is 0 Å². The SMILES string of the molecule is CN1C(=O)c2cccn2[C@H]2CN(C(=O)C3CC(O)C3)C[C@H]21. The Labute approximate surface area is 122 Å². The number of fused-ring (bicyclic) bond motifs is 3. The van der Waals surface area contributed by atoms with Gasteiger partial charge in [0.1, 0.15) is 5.69 Å². The highest BCUT2D eigenvalue weighted by Crippen LogP contribution is 2.36. The second kappa shape index (κ2) is 4.34. The fraction of sp³-hybridized carbons (Fsp3) is 0.600. The molecule has 112 valence electrons. The minimum absolute atomic E-state index is 0.0228. The number of hydrogen-bond acceptors (Lipinski definition) is 3. The van der Waals surface area contributed by atoms with E-state index in [1.54, 1.807) is 4.90 Å². The highest BCUT2D eigenvalue weighted by molar-refractivity contribution is 5.94. The van der Waals surface area contributed by atoms with Crippen LogP contribution in [-0.2, 0) is 4.79 Å². The van der Waals surface area contributed by atoms with Gasteiger partial charge in [0.25, 0.3) is 5.91 Å². The van der Waals surface area contributed by atoms with E-state index in [-0.39, 0.29) is 35.9 Å². The molecule has 1 saturated heterocycles. The van der Waals surface area contributed by atoms with Crippen LogP contribution in [0.25, 0.3) is 0 Å². The Morgan fingerprint density at radius 2 is 2.00 bits per heavy atom. The Morgan fingerprint density at radius 3 is 2.71 bits per heavy atom. The number of likely N-dealkylation sites (N-methyl/N-ethyl adjacent to an activating group) is 1. The molecule has 1 aromatic heterocycles. The van der Waals surface area contributed by atoms with Crippen LogP contribution in [0.1, 0.15) is 29.4 Å². The molecule has 1 N–H and O–H groups in total. The lowest BCUT2D eigenvalue weighted by Gasteiger charge is -2.35. The van der Waals surface area contributed by atoms with E-state index in [0.29, 0.717) is 31.6 Å². The van der Waals surface area contributed by atoms with Crippen molar-refractivity contribution in [2.24, 2.45) is 5.92 Å².